The van der Waals surface area contributed by atoms with Crippen LogP contribution in [0.1, 0.15) is 137 Å². The molecule has 0 spiro atoms. The van der Waals surface area contributed by atoms with Gasteiger partial charge in [0.15, 0.2) is 0 Å². The topological polar surface area (TPSA) is 35.5 Å². The molecule has 0 heterocycles. The third-order valence-electron chi connectivity index (χ3n) is 11.3. The summed E-state index contributed by atoms with van der Waals surface area (Å²) < 4.78 is 11.1. The molecular formula is C33H56O3. The first kappa shape index (κ1) is 28.0. The molecule has 206 valence electrons. The van der Waals surface area contributed by atoms with Crippen LogP contribution in [0.2, 0.25) is 0 Å². The molecule has 3 saturated carbocycles. The zero-order chi connectivity index (χ0) is 25.8. The first-order valence-corrected chi connectivity index (χ1v) is 15.8. The van der Waals surface area contributed by atoms with Crippen LogP contribution >= 0.6 is 0 Å². The van der Waals surface area contributed by atoms with E-state index in [1.54, 1.807) is 5.57 Å². The zero-order valence-electron chi connectivity index (χ0n) is 24.3. The Morgan fingerprint density at radius 3 is 2.56 bits per heavy atom. The van der Waals surface area contributed by atoms with Gasteiger partial charge in [-0.05, 0) is 98.2 Å². The minimum atomic E-state index is -0.464. The molecule has 0 saturated heterocycles. The lowest BCUT2D eigenvalue weighted by Gasteiger charge is -2.58. The van der Waals surface area contributed by atoms with Crippen LogP contribution in [0, 0.1) is 40.4 Å². The number of unbranched alkanes of at least 4 members (excludes halogenated alkanes) is 5. The molecule has 3 nitrogen and oxygen atoms in total. The molecule has 0 amide bonds. The molecule has 36 heavy (non-hydrogen) atoms. The Balaban J connectivity index is 1.32. The van der Waals surface area contributed by atoms with Gasteiger partial charge < -0.3 is 9.47 Å². The lowest BCUT2D eigenvalue weighted by atomic mass is 9.47. The van der Waals surface area contributed by atoms with E-state index in [0.717, 1.165) is 49.4 Å². The average Bonchev–Trinajstić information content (AvgIpc) is 3.17. The van der Waals surface area contributed by atoms with Crippen LogP contribution in [0.4, 0.5) is 4.79 Å². The number of hydrogen-bond donors (Lipinski definition) is 0. The van der Waals surface area contributed by atoms with Gasteiger partial charge in [-0.15, -0.1) is 0 Å². The average molecular weight is 501 g/mol. The minimum Gasteiger partial charge on any atom is -0.434 e. The van der Waals surface area contributed by atoms with Crippen LogP contribution in [-0.2, 0) is 9.47 Å². The van der Waals surface area contributed by atoms with Crippen LogP contribution in [0.15, 0.2) is 11.6 Å². The van der Waals surface area contributed by atoms with E-state index < -0.39 is 6.16 Å². The Bertz CT molecular complexity index is 756. The Hall–Kier alpha value is -0.990. The van der Waals surface area contributed by atoms with Crippen molar-refractivity contribution >= 4 is 6.16 Å². The molecule has 7 atom stereocenters. The lowest BCUT2D eigenvalue weighted by Crippen LogP contribution is -2.50. The van der Waals surface area contributed by atoms with Crippen LogP contribution in [0.5, 0.6) is 0 Å². The maximum Gasteiger partial charge on any atom is 0.508 e. The number of carbonyl (C=O) groups excluding carboxylic acids is 1. The van der Waals surface area contributed by atoms with E-state index in [1.807, 2.05) is 0 Å². The molecule has 0 aliphatic heterocycles. The maximum absolute atomic E-state index is 12.2. The number of carbonyl (C=O) groups is 1. The van der Waals surface area contributed by atoms with Gasteiger partial charge in [0.2, 0.25) is 0 Å². The Kier molecular flexibility index (Phi) is 9.54. The first-order chi connectivity index (χ1) is 17.3. The fraction of sp³-hybridized carbons (Fsp3) is 0.909. The molecule has 0 N–H and O–H groups in total. The Morgan fingerprint density at radius 1 is 1.00 bits per heavy atom. The Labute approximate surface area is 222 Å². The summed E-state index contributed by atoms with van der Waals surface area (Å²) >= 11 is 0. The highest BCUT2D eigenvalue weighted by Crippen LogP contribution is 2.66. The predicted molar refractivity (Wildman–Crippen MR) is 149 cm³/mol. The summed E-state index contributed by atoms with van der Waals surface area (Å²) in [5.41, 5.74) is 2.47. The largest absolute Gasteiger partial charge is 0.508 e. The summed E-state index contributed by atoms with van der Waals surface area (Å²) in [5, 5.41) is 0. The van der Waals surface area contributed by atoms with Crippen molar-refractivity contribution in [2.45, 2.75) is 143 Å². The second-order valence-corrected chi connectivity index (χ2v) is 13.9. The van der Waals surface area contributed by atoms with Gasteiger partial charge in [0.05, 0.1) is 6.61 Å². The maximum atomic E-state index is 12.2. The summed E-state index contributed by atoms with van der Waals surface area (Å²) in [7, 11) is 0. The van der Waals surface area contributed by atoms with Crippen LogP contribution in [0.25, 0.3) is 0 Å². The van der Waals surface area contributed by atoms with Crippen molar-refractivity contribution in [1.29, 1.82) is 0 Å². The molecule has 4 rings (SSSR count). The second-order valence-electron chi connectivity index (χ2n) is 13.9. The van der Waals surface area contributed by atoms with Crippen molar-refractivity contribution in [2.75, 3.05) is 6.61 Å². The van der Waals surface area contributed by atoms with Gasteiger partial charge in [0.25, 0.3) is 0 Å². The number of rotatable bonds is 11. The van der Waals surface area contributed by atoms with Crippen molar-refractivity contribution in [3.63, 3.8) is 0 Å². The number of ether oxygens (including phenoxy) is 2. The van der Waals surface area contributed by atoms with E-state index in [1.165, 1.54) is 77.0 Å². The van der Waals surface area contributed by atoms with E-state index in [-0.39, 0.29) is 6.10 Å². The number of fused-ring (bicyclic) bond motifs is 5. The summed E-state index contributed by atoms with van der Waals surface area (Å²) in [6, 6.07) is 0. The fourth-order valence-corrected chi connectivity index (χ4v) is 9.03. The van der Waals surface area contributed by atoms with Gasteiger partial charge >= 0.3 is 6.16 Å². The predicted octanol–water partition coefficient (Wildman–Crippen LogP) is 9.88. The summed E-state index contributed by atoms with van der Waals surface area (Å²) in [5.74, 6) is 4.10. The third kappa shape index (κ3) is 6.01. The zero-order valence-corrected chi connectivity index (χ0v) is 24.3. The SMILES string of the molecule is CCCCCCCC[C@@H]1CC[C@@H]2[C@@H]3CC=C4C[C@@H](OC(=O)OCCC(C)C)CC[C@]4(C)[C@@H]3CC[C@]12C. The lowest BCUT2D eigenvalue weighted by molar-refractivity contribution is -0.0564. The second kappa shape index (κ2) is 12.2. The molecule has 0 aromatic heterocycles. The smallest absolute Gasteiger partial charge is 0.434 e. The number of hydrogen-bond acceptors (Lipinski definition) is 3. The van der Waals surface area contributed by atoms with Crippen molar-refractivity contribution in [3.8, 4) is 0 Å². The molecule has 4 aliphatic rings. The molecule has 4 aliphatic carbocycles. The molecule has 0 aromatic carbocycles. The van der Waals surface area contributed by atoms with E-state index in [0.29, 0.717) is 23.4 Å². The van der Waals surface area contributed by atoms with Crippen molar-refractivity contribution in [3.05, 3.63) is 11.6 Å². The van der Waals surface area contributed by atoms with Crippen LogP contribution < -0.4 is 0 Å². The van der Waals surface area contributed by atoms with E-state index in [9.17, 15) is 4.79 Å². The van der Waals surface area contributed by atoms with Gasteiger partial charge in [-0.25, -0.2) is 4.79 Å². The quantitative estimate of drug-likeness (QED) is 0.161. The Morgan fingerprint density at radius 2 is 1.78 bits per heavy atom. The van der Waals surface area contributed by atoms with Crippen molar-refractivity contribution in [2.24, 2.45) is 40.4 Å². The normalized spacial score (nSPS) is 37.6. The molecule has 0 aromatic rings. The molecule has 0 radical (unpaired) electrons. The van der Waals surface area contributed by atoms with Crippen molar-refractivity contribution in [1.82, 2.24) is 0 Å². The highest BCUT2D eigenvalue weighted by atomic mass is 16.7. The van der Waals surface area contributed by atoms with Crippen LogP contribution in [-0.4, -0.2) is 18.9 Å². The standard InChI is InChI=1S/C33H56O3/c1-6-7-8-9-10-11-12-25-14-16-29-28-15-13-26-23-27(36-31(34)35-22-19-24(2)3)17-20-33(26,5)30(28)18-21-32(25,29)4/h13,24-25,27-30H,6-12,14-23H2,1-5H3/t25-,27+,28+,29-,30-,32-,33+/m1/s1. The van der Waals surface area contributed by atoms with E-state index in [4.69, 9.17) is 9.47 Å². The summed E-state index contributed by atoms with van der Waals surface area (Å²) in [6.45, 7) is 12.3. The molecular weight excluding hydrogens is 444 g/mol. The van der Waals surface area contributed by atoms with Gasteiger partial charge in [0.1, 0.15) is 6.10 Å². The van der Waals surface area contributed by atoms with Gasteiger partial charge in [-0.1, -0.05) is 84.8 Å². The first-order valence-electron chi connectivity index (χ1n) is 15.8. The van der Waals surface area contributed by atoms with Crippen molar-refractivity contribution < 1.29 is 14.3 Å². The molecule has 3 fully saturated rings. The van der Waals surface area contributed by atoms with Gasteiger partial charge in [0, 0.05) is 6.42 Å². The highest BCUT2D eigenvalue weighted by Gasteiger charge is 2.58. The monoisotopic (exact) mass is 500 g/mol. The van der Waals surface area contributed by atoms with Crippen LogP contribution in [0.3, 0.4) is 0 Å². The molecule has 0 unspecified atom stereocenters. The minimum absolute atomic E-state index is 0.00512. The third-order valence-corrected chi connectivity index (χ3v) is 11.3. The summed E-state index contributed by atoms with van der Waals surface area (Å²) in [4.78, 5) is 12.2. The fourth-order valence-electron chi connectivity index (χ4n) is 9.03. The molecule has 0 bridgehead atoms. The summed E-state index contributed by atoms with van der Waals surface area (Å²) in [6.07, 6.45) is 23.1. The molecule has 3 heteroatoms. The van der Waals surface area contributed by atoms with E-state index >= 15 is 0 Å². The number of allylic oxidation sites excluding steroid dienone is 1. The van der Waals surface area contributed by atoms with Gasteiger partial charge in [-0.3, -0.25) is 0 Å². The van der Waals surface area contributed by atoms with E-state index in [2.05, 4.69) is 40.7 Å². The van der Waals surface area contributed by atoms with Gasteiger partial charge in [-0.2, -0.15) is 0 Å². The highest BCUT2D eigenvalue weighted by molar-refractivity contribution is 5.60.